The maximum Gasteiger partial charge on any atom is 0.0640 e. The quantitative estimate of drug-likeness (QED) is 0.176. The van der Waals surface area contributed by atoms with Crippen molar-refractivity contribution in [3.63, 3.8) is 0 Å². The van der Waals surface area contributed by atoms with Gasteiger partial charge in [0.15, 0.2) is 0 Å². The van der Waals surface area contributed by atoms with Gasteiger partial charge >= 0.3 is 0 Å². The molecular formula is C48H31N3S. The Morgan fingerprint density at radius 2 is 0.846 bits per heavy atom. The van der Waals surface area contributed by atoms with Crippen LogP contribution in [0.3, 0.4) is 0 Å². The highest BCUT2D eigenvalue weighted by atomic mass is 32.1. The molecule has 8 aromatic carbocycles. The van der Waals surface area contributed by atoms with Gasteiger partial charge < -0.3 is 14.0 Å². The van der Waals surface area contributed by atoms with Gasteiger partial charge in [0.2, 0.25) is 0 Å². The lowest BCUT2D eigenvalue weighted by atomic mass is 10.1. The first-order valence-corrected chi connectivity index (χ1v) is 18.5. The molecule has 0 N–H and O–H groups in total. The molecule has 0 spiro atoms. The molecule has 11 rings (SSSR count). The van der Waals surface area contributed by atoms with Crippen LogP contribution in [0.5, 0.6) is 0 Å². The van der Waals surface area contributed by atoms with Gasteiger partial charge in [-0.25, -0.2) is 0 Å². The van der Waals surface area contributed by atoms with E-state index in [0.717, 1.165) is 22.7 Å². The fraction of sp³-hybridized carbons (Fsp3) is 0. The molecular weight excluding hydrogens is 651 g/mol. The van der Waals surface area contributed by atoms with Gasteiger partial charge in [0.1, 0.15) is 0 Å². The fourth-order valence-electron chi connectivity index (χ4n) is 8.24. The second-order valence-electron chi connectivity index (χ2n) is 13.4. The van der Waals surface area contributed by atoms with Crippen molar-refractivity contribution in [2.24, 2.45) is 0 Å². The second kappa shape index (κ2) is 11.5. The van der Waals surface area contributed by atoms with Gasteiger partial charge in [0, 0.05) is 59.8 Å². The molecule has 0 saturated carbocycles. The molecule has 0 amide bonds. The molecule has 3 nitrogen and oxygen atoms in total. The molecule has 3 aromatic heterocycles. The molecule has 0 aliphatic rings. The van der Waals surface area contributed by atoms with Crippen LogP contribution >= 0.6 is 11.3 Å². The SMILES string of the molecule is c1ccc(-n2c3ccccc3c3cc(N(c4ccc(-n5c6ccccc6c6ccccc65)cc4)c4cccc5c4sc4ccccc45)ccc32)cc1. The largest absolute Gasteiger partial charge is 0.309 e. The van der Waals surface area contributed by atoms with Crippen molar-refractivity contribution in [2.75, 3.05) is 4.90 Å². The third kappa shape index (κ3) is 4.31. The number of nitrogens with zero attached hydrogens (tertiary/aromatic N) is 3. The summed E-state index contributed by atoms with van der Waals surface area (Å²) in [5.41, 5.74) is 10.5. The highest BCUT2D eigenvalue weighted by molar-refractivity contribution is 7.26. The maximum atomic E-state index is 2.45. The lowest BCUT2D eigenvalue weighted by molar-refractivity contribution is 1.17. The van der Waals surface area contributed by atoms with Gasteiger partial charge in [-0.2, -0.15) is 0 Å². The topological polar surface area (TPSA) is 13.1 Å². The Morgan fingerprint density at radius 1 is 0.346 bits per heavy atom. The van der Waals surface area contributed by atoms with Crippen molar-refractivity contribution in [3.8, 4) is 11.4 Å². The van der Waals surface area contributed by atoms with Crippen molar-refractivity contribution in [1.82, 2.24) is 9.13 Å². The summed E-state index contributed by atoms with van der Waals surface area (Å²) in [6, 6.07) is 68.4. The van der Waals surface area contributed by atoms with E-state index < -0.39 is 0 Å². The van der Waals surface area contributed by atoms with Crippen LogP contribution < -0.4 is 4.90 Å². The van der Waals surface area contributed by atoms with Crippen LogP contribution in [0.4, 0.5) is 17.1 Å². The van der Waals surface area contributed by atoms with Crippen molar-refractivity contribution >= 4 is 92.2 Å². The summed E-state index contributed by atoms with van der Waals surface area (Å²) in [5, 5.41) is 7.59. The van der Waals surface area contributed by atoms with Gasteiger partial charge in [0.05, 0.1) is 32.5 Å². The Kier molecular flexibility index (Phi) is 6.42. The average Bonchev–Trinajstić information content (AvgIpc) is 3.87. The van der Waals surface area contributed by atoms with E-state index in [9.17, 15) is 0 Å². The Balaban J connectivity index is 1.15. The van der Waals surface area contributed by atoms with Crippen molar-refractivity contribution < 1.29 is 0 Å². The summed E-state index contributed by atoms with van der Waals surface area (Å²) in [6.07, 6.45) is 0. The number of anilines is 3. The van der Waals surface area contributed by atoms with E-state index in [1.54, 1.807) is 0 Å². The van der Waals surface area contributed by atoms with Crippen molar-refractivity contribution in [1.29, 1.82) is 0 Å². The first-order valence-electron chi connectivity index (χ1n) is 17.7. The second-order valence-corrected chi connectivity index (χ2v) is 14.4. The number of benzene rings is 8. The van der Waals surface area contributed by atoms with Gasteiger partial charge in [0.25, 0.3) is 0 Å². The lowest BCUT2D eigenvalue weighted by Gasteiger charge is -2.26. The summed E-state index contributed by atoms with van der Waals surface area (Å²) in [5.74, 6) is 0. The van der Waals surface area contributed by atoms with Gasteiger partial charge in [-0.05, 0) is 84.9 Å². The minimum atomic E-state index is 1.11. The minimum absolute atomic E-state index is 1.11. The molecule has 11 aromatic rings. The number of rotatable bonds is 5. The third-order valence-corrected chi connectivity index (χ3v) is 11.7. The van der Waals surface area contributed by atoms with Crippen LogP contribution in [0.2, 0.25) is 0 Å². The number of aromatic nitrogens is 2. The zero-order valence-corrected chi connectivity index (χ0v) is 29.0. The van der Waals surface area contributed by atoms with E-state index in [-0.39, 0.29) is 0 Å². The summed E-state index contributed by atoms with van der Waals surface area (Å²) >= 11 is 1.87. The molecule has 0 radical (unpaired) electrons. The van der Waals surface area contributed by atoms with E-state index in [2.05, 4.69) is 202 Å². The third-order valence-electron chi connectivity index (χ3n) is 10.5. The standard InChI is InChI=1S/C48H31N3S/c1-2-13-32(14-3-1)50-44-22-10-6-17-38(44)41-31-35(29-30-45(41)50)49(46-23-12-19-40-39-18-7-11-24-47(39)52-48(40)46)33-25-27-34(28-26-33)51-42-20-8-4-15-36(42)37-16-5-9-21-43(37)51/h1-31H. The van der Waals surface area contributed by atoms with Gasteiger partial charge in [-0.3, -0.25) is 0 Å². The first-order chi connectivity index (χ1) is 25.8. The normalized spacial score (nSPS) is 11.8. The molecule has 0 fully saturated rings. The van der Waals surface area contributed by atoms with E-state index in [4.69, 9.17) is 0 Å². The number of thiophene rings is 1. The number of hydrogen-bond donors (Lipinski definition) is 0. The summed E-state index contributed by atoms with van der Waals surface area (Å²) in [4.78, 5) is 2.45. The van der Waals surface area contributed by atoms with Crippen LogP contribution in [0.25, 0.3) is 75.2 Å². The monoisotopic (exact) mass is 681 g/mol. The van der Waals surface area contributed by atoms with Crippen molar-refractivity contribution in [3.05, 3.63) is 188 Å². The maximum absolute atomic E-state index is 2.45. The molecule has 244 valence electrons. The van der Waals surface area contributed by atoms with Crippen molar-refractivity contribution in [2.45, 2.75) is 0 Å². The molecule has 0 aliphatic heterocycles. The molecule has 0 aliphatic carbocycles. The molecule has 0 unspecified atom stereocenters. The predicted octanol–water partition coefficient (Wildman–Crippen LogP) is 13.7. The Morgan fingerprint density at radius 3 is 1.52 bits per heavy atom. The van der Waals surface area contributed by atoms with E-state index in [1.807, 2.05) is 11.3 Å². The van der Waals surface area contributed by atoms with Crippen LogP contribution in [-0.2, 0) is 0 Å². The van der Waals surface area contributed by atoms with Crippen LogP contribution in [-0.4, -0.2) is 9.13 Å². The fourth-order valence-corrected chi connectivity index (χ4v) is 9.45. The highest BCUT2D eigenvalue weighted by Gasteiger charge is 2.21. The molecule has 4 heteroatoms. The zero-order chi connectivity index (χ0) is 34.2. The lowest BCUT2D eigenvalue weighted by Crippen LogP contribution is -2.10. The van der Waals surface area contributed by atoms with Gasteiger partial charge in [-0.15, -0.1) is 11.3 Å². The van der Waals surface area contributed by atoms with Gasteiger partial charge in [-0.1, -0.05) is 103 Å². The number of hydrogen-bond acceptors (Lipinski definition) is 2. The zero-order valence-electron chi connectivity index (χ0n) is 28.1. The Bertz CT molecular complexity index is 3080. The van der Waals surface area contributed by atoms with E-state index in [0.29, 0.717) is 0 Å². The summed E-state index contributed by atoms with van der Waals surface area (Å²) < 4.78 is 7.34. The molecule has 0 atom stereocenters. The number of fused-ring (bicyclic) bond motifs is 9. The van der Waals surface area contributed by atoms with E-state index >= 15 is 0 Å². The summed E-state index contributed by atoms with van der Waals surface area (Å²) in [6.45, 7) is 0. The summed E-state index contributed by atoms with van der Waals surface area (Å²) in [7, 11) is 0. The highest BCUT2D eigenvalue weighted by Crippen LogP contribution is 2.46. The average molecular weight is 682 g/mol. The first kappa shape index (κ1) is 29.1. The Hall–Kier alpha value is -6.62. The predicted molar refractivity (Wildman–Crippen MR) is 223 cm³/mol. The van der Waals surface area contributed by atoms with Crippen LogP contribution in [0.1, 0.15) is 0 Å². The number of para-hydroxylation sites is 4. The molecule has 3 heterocycles. The van der Waals surface area contributed by atoms with E-state index in [1.165, 1.54) is 69.5 Å². The van der Waals surface area contributed by atoms with Crippen LogP contribution in [0.15, 0.2) is 188 Å². The molecule has 52 heavy (non-hydrogen) atoms. The molecule has 0 saturated heterocycles. The minimum Gasteiger partial charge on any atom is -0.309 e. The Labute approximate surface area is 304 Å². The molecule has 0 bridgehead atoms. The van der Waals surface area contributed by atoms with Crippen LogP contribution in [0, 0.1) is 0 Å². The smallest absolute Gasteiger partial charge is 0.0640 e.